The molecular formula is C18H25Cl3N2O2. The van der Waals surface area contributed by atoms with E-state index < -0.39 is 6.10 Å². The first-order valence-corrected chi connectivity index (χ1v) is 7.98. The molecule has 25 heavy (non-hydrogen) atoms. The highest BCUT2D eigenvalue weighted by Gasteiger charge is 2.15. The highest BCUT2D eigenvalue weighted by Crippen LogP contribution is 2.13. The summed E-state index contributed by atoms with van der Waals surface area (Å²) in [6.45, 7) is 1.09. The van der Waals surface area contributed by atoms with Gasteiger partial charge in [-0.1, -0.05) is 35.9 Å². The van der Waals surface area contributed by atoms with Crippen molar-refractivity contribution in [3.63, 3.8) is 0 Å². The van der Waals surface area contributed by atoms with Crippen LogP contribution >= 0.6 is 36.4 Å². The maximum atomic E-state index is 10.2. The number of rotatable bonds is 8. The minimum absolute atomic E-state index is 0. The lowest BCUT2D eigenvalue weighted by molar-refractivity contribution is 0.141. The summed E-state index contributed by atoms with van der Waals surface area (Å²) < 4.78 is 5.19. The van der Waals surface area contributed by atoms with Crippen molar-refractivity contribution in [3.05, 3.63) is 64.7 Å². The highest BCUT2D eigenvalue weighted by atomic mass is 35.5. The molecule has 2 rings (SSSR count). The predicted octanol–water partition coefficient (Wildman–Crippen LogP) is 3.21. The third-order valence-corrected chi connectivity index (χ3v) is 3.95. The topological polar surface area (TPSA) is 67.5 Å². The third-order valence-electron chi connectivity index (χ3n) is 3.70. The van der Waals surface area contributed by atoms with Gasteiger partial charge in [-0.2, -0.15) is 0 Å². The summed E-state index contributed by atoms with van der Waals surface area (Å²) in [6.07, 6.45) is -0.00426. The van der Waals surface area contributed by atoms with Gasteiger partial charge < -0.3 is 20.9 Å². The Bertz CT molecular complexity index is 612. The Kier molecular flexibility index (Phi) is 11.9. The number of aliphatic hydroxyl groups is 1. The minimum Gasteiger partial charge on any atom is -0.497 e. The molecule has 4 N–H and O–H groups in total. The molecule has 0 saturated carbocycles. The molecule has 0 heterocycles. The van der Waals surface area contributed by atoms with E-state index in [-0.39, 0.29) is 30.9 Å². The lowest BCUT2D eigenvalue weighted by Gasteiger charge is -2.19. The van der Waals surface area contributed by atoms with Crippen LogP contribution in [0.3, 0.4) is 0 Å². The van der Waals surface area contributed by atoms with E-state index in [2.05, 4.69) is 5.32 Å². The van der Waals surface area contributed by atoms with Gasteiger partial charge in [-0.15, -0.1) is 24.8 Å². The number of halogens is 3. The molecular weight excluding hydrogens is 383 g/mol. The summed E-state index contributed by atoms with van der Waals surface area (Å²) in [6, 6.07) is 15.0. The van der Waals surface area contributed by atoms with Crippen LogP contribution < -0.4 is 15.8 Å². The quantitative estimate of drug-likeness (QED) is 0.628. The summed E-state index contributed by atoms with van der Waals surface area (Å²) in [5.74, 6) is 0.823. The van der Waals surface area contributed by atoms with Crippen LogP contribution in [0.4, 0.5) is 0 Å². The summed E-state index contributed by atoms with van der Waals surface area (Å²) >= 11 is 5.86. The molecule has 0 aliphatic heterocycles. The molecule has 0 fully saturated rings. The first-order valence-electron chi connectivity index (χ1n) is 7.60. The molecule has 0 bridgehead atoms. The van der Waals surface area contributed by atoms with Crippen LogP contribution in [-0.4, -0.2) is 30.9 Å². The van der Waals surface area contributed by atoms with Gasteiger partial charge in [-0.25, -0.2) is 0 Å². The Morgan fingerprint density at radius 1 is 1.12 bits per heavy atom. The van der Waals surface area contributed by atoms with E-state index in [0.29, 0.717) is 24.5 Å². The molecule has 0 aromatic heterocycles. The molecule has 2 aromatic rings. The first-order chi connectivity index (χ1) is 11.1. The van der Waals surface area contributed by atoms with Gasteiger partial charge in [0.15, 0.2) is 0 Å². The fourth-order valence-corrected chi connectivity index (χ4v) is 2.45. The van der Waals surface area contributed by atoms with Crippen LogP contribution in [0.15, 0.2) is 48.5 Å². The molecule has 0 aliphatic rings. The molecule has 0 spiro atoms. The predicted molar refractivity (Wildman–Crippen MR) is 108 cm³/mol. The van der Waals surface area contributed by atoms with Crippen molar-refractivity contribution in [2.45, 2.75) is 25.1 Å². The van der Waals surface area contributed by atoms with Crippen LogP contribution in [-0.2, 0) is 13.0 Å². The fraction of sp³-hybridized carbons (Fsp3) is 0.333. The summed E-state index contributed by atoms with van der Waals surface area (Å²) in [7, 11) is 1.64. The molecule has 7 heteroatoms. The zero-order valence-corrected chi connectivity index (χ0v) is 16.4. The van der Waals surface area contributed by atoms with Gasteiger partial charge in [-0.3, -0.25) is 0 Å². The standard InChI is InChI=1S/C18H23ClN2O2.2ClH/c1-23-16-4-2-3-14(9-16)11-21-12-18(22)17(20)10-13-5-7-15(19)8-6-13;;/h2-9,17-18,21-22H,10-12,20H2,1H3;2*1H/t17-,18+;;/m0../s1. The van der Waals surface area contributed by atoms with Crippen LogP contribution in [0.25, 0.3) is 0 Å². The van der Waals surface area contributed by atoms with E-state index in [4.69, 9.17) is 22.1 Å². The second-order valence-corrected chi connectivity index (χ2v) is 5.98. The van der Waals surface area contributed by atoms with Gasteiger partial charge in [0, 0.05) is 24.2 Å². The lowest BCUT2D eigenvalue weighted by Crippen LogP contribution is -2.42. The number of benzene rings is 2. The zero-order chi connectivity index (χ0) is 16.7. The molecule has 4 nitrogen and oxygen atoms in total. The molecule has 0 unspecified atom stereocenters. The minimum atomic E-state index is -0.615. The second-order valence-electron chi connectivity index (χ2n) is 5.54. The van der Waals surface area contributed by atoms with Gasteiger partial charge in [0.05, 0.1) is 13.2 Å². The monoisotopic (exact) mass is 406 g/mol. The second kappa shape index (κ2) is 12.4. The van der Waals surface area contributed by atoms with Crippen LogP contribution in [0.1, 0.15) is 11.1 Å². The summed E-state index contributed by atoms with van der Waals surface area (Å²) in [5, 5.41) is 14.1. The van der Waals surface area contributed by atoms with Gasteiger partial charge >= 0.3 is 0 Å². The third kappa shape index (κ3) is 8.27. The Morgan fingerprint density at radius 3 is 2.44 bits per heavy atom. The number of hydrogen-bond acceptors (Lipinski definition) is 4. The Balaban J connectivity index is 0.00000288. The van der Waals surface area contributed by atoms with E-state index in [1.54, 1.807) is 7.11 Å². The van der Waals surface area contributed by atoms with Crippen LogP contribution in [0, 0.1) is 0 Å². The number of methoxy groups -OCH3 is 1. The fourth-order valence-electron chi connectivity index (χ4n) is 2.33. The highest BCUT2D eigenvalue weighted by molar-refractivity contribution is 6.30. The number of hydrogen-bond donors (Lipinski definition) is 3. The normalized spacial score (nSPS) is 12.5. The van der Waals surface area contributed by atoms with Crippen molar-refractivity contribution < 1.29 is 9.84 Å². The summed E-state index contributed by atoms with van der Waals surface area (Å²) in [5.41, 5.74) is 8.23. The molecule has 0 aliphatic carbocycles. The number of ether oxygens (including phenoxy) is 1. The van der Waals surface area contributed by atoms with Crippen LogP contribution in [0.2, 0.25) is 5.02 Å². The molecule has 2 aromatic carbocycles. The van der Waals surface area contributed by atoms with Gasteiger partial charge in [0.1, 0.15) is 5.75 Å². The Labute approximate surface area is 166 Å². The van der Waals surface area contributed by atoms with Crippen molar-refractivity contribution in [1.82, 2.24) is 5.32 Å². The van der Waals surface area contributed by atoms with Gasteiger partial charge in [-0.05, 0) is 41.8 Å². The Hall–Kier alpha value is -1.01. The van der Waals surface area contributed by atoms with E-state index in [1.165, 1.54) is 0 Å². The van der Waals surface area contributed by atoms with E-state index in [0.717, 1.165) is 16.9 Å². The molecule has 140 valence electrons. The molecule has 2 atom stereocenters. The maximum absolute atomic E-state index is 10.2. The van der Waals surface area contributed by atoms with Crippen molar-refractivity contribution in [3.8, 4) is 5.75 Å². The largest absolute Gasteiger partial charge is 0.497 e. The van der Waals surface area contributed by atoms with Crippen molar-refractivity contribution >= 4 is 36.4 Å². The van der Waals surface area contributed by atoms with Crippen LogP contribution in [0.5, 0.6) is 5.75 Å². The zero-order valence-electron chi connectivity index (χ0n) is 14.0. The number of nitrogens with two attached hydrogens (primary N) is 1. The van der Waals surface area contributed by atoms with E-state index in [9.17, 15) is 5.11 Å². The maximum Gasteiger partial charge on any atom is 0.119 e. The summed E-state index contributed by atoms with van der Waals surface area (Å²) in [4.78, 5) is 0. The lowest BCUT2D eigenvalue weighted by atomic mass is 10.0. The van der Waals surface area contributed by atoms with E-state index >= 15 is 0 Å². The average Bonchev–Trinajstić information content (AvgIpc) is 2.57. The van der Waals surface area contributed by atoms with Crippen molar-refractivity contribution in [1.29, 1.82) is 0 Å². The molecule has 0 saturated heterocycles. The molecule has 0 amide bonds. The first kappa shape index (κ1) is 24.0. The van der Waals surface area contributed by atoms with Gasteiger partial charge in [0.2, 0.25) is 0 Å². The number of aliphatic hydroxyl groups excluding tert-OH is 1. The molecule has 0 radical (unpaired) electrons. The van der Waals surface area contributed by atoms with Crippen molar-refractivity contribution in [2.75, 3.05) is 13.7 Å². The van der Waals surface area contributed by atoms with Gasteiger partial charge in [0.25, 0.3) is 0 Å². The Morgan fingerprint density at radius 2 is 1.80 bits per heavy atom. The smallest absolute Gasteiger partial charge is 0.119 e. The number of nitrogens with one attached hydrogen (secondary N) is 1. The SMILES string of the molecule is COc1cccc(CNC[C@@H](O)[C@@H](N)Cc2ccc(Cl)cc2)c1.Cl.Cl. The average molecular weight is 408 g/mol. The van der Waals surface area contributed by atoms with Crippen molar-refractivity contribution in [2.24, 2.45) is 5.73 Å². The van der Waals surface area contributed by atoms with E-state index in [1.807, 2.05) is 48.5 Å².